The van der Waals surface area contributed by atoms with Crippen molar-refractivity contribution in [1.29, 1.82) is 0 Å². The number of nitro benzene ring substituents is 1. The number of aryl methyl sites for hydroxylation is 1. The Morgan fingerprint density at radius 3 is 2.52 bits per heavy atom. The third kappa shape index (κ3) is 2.94. The molecule has 1 fully saturated rings. The SMILES string of the molecule is CC(=O)N1CCN(c2cc(C)nc3ccc([N+](=O)[O-])cc23)CC1. The van der Waals surface area contributed by atoms with E-state index in [-0.39, 0.29) is 11.6 Å². The van der Waals surface area contributed by atoms with Crippen LogP contribution in [0.4, 0.5) is 11.4 Å². The van der Waals surface area contributed by atoms with Gasteiger partial charge in [-0.2, -0.15) is 0 Å². The molecule has 0 aliphatic carbocycles. The fourth-order valence-corrected chi connectivity index (χ4v) is 2.96. The number of nitrogens with zero attached hydrogens (tertiary/aromatic N) is 4. The second-order valence-electron chi connectivity index (χ2n) is 5.73. The van der Waals surface area contributed by atoms with Crippen molar-refractivity contribution in [2.75, 3.05) is 31.1 Å². The van der Waals surface area contributed by atoms with Gasteiger partial charge in [-0.05, 0) is 19.1 Å². The van der Waals surface area contributed by atoms with E-state index < -0.39 is 4.92 Å². The summed E-state index contributed by atoms with van der Waals surface area (Å²) in [7, 11) is 0. The molecular weight excluding hydrogens is 296 g/mol. The minimum atomic E-state index is -0.392. The number of rotatable bonds is 2. The standard InChI is InChI=1S/C16H18N4O3/c1-11-9-16(19-7-5-18(6-8-19)12(2)21)14-10-13(20(22)23)3-4-15(14)17-11/h3-4,9-10H,5-8H2,1-2H3. The Bertz CT molecular complexity index is 782. The largest absolute Gasteiger partial charge is 0.367 e. The van der Waals surface area contributed by atoms with Gasteiger partial charge in [-0.25, -0.2) is 0 Å². The molecule has 2 aromatic rings. The molecule has 0 bridgehead atoms. The first-order valence-electron chi connectivity index (χ1n) is 7.52. The number of fused-ring (bicyclic) bond motifs is 1. The van der Waals surface area contributed by atoms with Gasteiger partial charge in [0.15, 0.2) is 0 Å². The van der Waals surface area contributed by atoms with Gasteiger partial charge < -0.3 is 9.80 Å². The van der Waals surface area contributed by atoms with Crippen LogP contribution in [-0.4, -0.2) is 46.9 Å². The van der Waals surface area contributed by atoms with Crippen LogP contribution < -0.4 is 4.90 Å². The van der Waals surface area contributed by atoms with Crippen molar-refractivity contribution in [3.05, 3.63) is 40.1 Å². The molecule has 0 spiro atoms. The van der Waals surface area contributed by atoms with Gasteiger partial charge in [0.1, 0.15) is 0 Å². The molecule has 3 rings (SSSR count). The summed E-state index contributed by atoms with van der Waals surface area (Å²) in [5.41, 5.74) is 2.63. The van der Waals surface area contributed by atoms with E-state index in [0.29, 0.717) is 26.2 Å². The van der Waals surface area contributed by atoms with Gasteiger partial charge in [-0.15, -0.1) is 0 Å². The average Bonchev–Trinajstić information content (AvgIpc) is 2.53. The molecule has 1 aromatic heterocycles. The number of piperazine rings is 1. The second-order valence-corrected chi connectivity index (χ2v) is 5.73. The summed E-state index contributed by atoms with van der Waals surface area (Å²) in [4.78, 5) is 30.5. The van der Waals surface area contributed by atoms with Crippen molar-refractivity contribution in [2.45, 2.75) is 13.8 Å². The summed E-state index contributed by atoms with van der Waals surface area (Å²) in [6, 6.07) is 6.70. The number of anilines is 1. The fourth-order valence-electron chi connectivity index (χ4n) is 2.96. The van der Waals surface area contributed by atoms with Gasteiger partial charge in [0.25, 0.3) is 5.69 Å². The van der Waals surface area contributed by atoms with E-state index in [9.17, 15) is 14.9 Å². The molecule has 7 nitrogen and oxygen atoms in total. The zero-order valence-electron chi connectivity index (χ0n) is 13.2. The highest BCUT2D eigenvalue weighted by molar-refractivity contribution is 5.93. The van der Waals surface area contributed by atoms with E-state index >= 15 is 0 Å². The lowest BCUT2D eigenvalue weighted by molar-refractivity contribution is -0.384. The van der Waals surface area contributed by atoms with Crippen molar-refractivity contribution in [3.8, 4) is 0 Å². The van der Waals surface area contributed by atoms with Crippen molar-refractivity contribution in [2.24, 2.45) is 0 Å². The zero-order chi connectivity index (χ0) is 16.6. The maximum Gasteiger partial charge on any atom is 0.270 e. The van der Waals surface area contributed by atoms with Gasteiger partial charge in [-0.1, -0.05) is 0 Å². The normalized spacial score (nSPS) is 15.0. The van der Waals surface area contributed by atoms with Gasteiger partial charge in [0.05, 0.1) is 10.4 Å². The quantitative estimate of drug-likeness (QED) is 0.626. The number of amides is 1. The smallest absolute Gasteiger partial charge is 0.270 e. The molecule has 0 radical (unpaired) electrons. The number of pyridine rings is 1. The average molecular weight is 314 g/mol. The summed E-state index contributed by atoms with van der Waals surface area (Å²) in [5, 5.41) is 11.8. The van der Waals surface area contributed by atoms with E-state index in [1.54, 1.807) is 19.1 Å². The highest BCUT2D eigenvalue weighted by Crippen LogP contribution is 2.30. The number of hydrogen-bond acceptors (Lipinski definition) is 5. The van der Waals surface area contributed by atoms with Gasteiger partial charge >= 0.3 is 0 Å². The number of aromatic nitrogens is 1. The van der Waals surface area contributed by atoms with Crippen LogP contribution in [0.1, 0.15) is 12.6 Å². The fraction of sp³-hybridized carbons (Fsp3) is 0.375. The third-order valence-electron chi connectivity index (χ3n) is 4.18. The summed E-state index contributed by atoms with van der Waals surface area (Å²) in [5.74, 6) is 0.0797. The number of non-ortho nitro benzene ring substituents is 1. The molecule has 1 aliphatic rings. The summed E-state index contributed by atoms with van der Waals surface area (Å²) < 4.78 is 0. The molecule has 0 N–H and O–H groups in total. The number of carbonyl (C=O) groups is 1. The van der Waals surface area contributed by atoms with Crippen LogP contribution in [0.15, 0.2) is 24.3 Å². The van der Waals surface area contributed by atoms with Crippen molar-refractivity contribution in [1.82, 2.24) is 9.88 Å². The Morgan fingerprint density at radius 1 is 1.22 bits per heavy atom. The molecular formula is C16H18N4O3. The Kier molecular flexibility index (Phi) is 3.85. The summed E-state index contributed by atoms with van der Waals surface area (Å²) >= 11 is 0. The molecule has 120 valence electrons. The lowest BCUT2D eigenvalue weighted by Crippen LogP contribution is -2.48. The van der Waals surface area contributed by atoms with Crippen LogP contribution in [0.2, 0.25) is 0 Å². The first-order chi connectivity index (χ1) is 11.0. The Labute approximate surface area is 133 Å². The molecule has 0 unspecified atom stereocenters. The van der Waals surface area contributed by atoms with E-state index in [4.69, 9.17) is 0 Å². The monoisotopic (exact) mass is 314 g/mol. The lowest BCUT2D eigenvalue weighted by atomic mass is 10.1. The van der Waals surface area contributed by atoms with Gasteiger partial charge in [-0.3, -0.25) is 19.9 Å². The molecule has 1 aliphatic heterocycles. The topological polar surface area (TPSA) is 79.6 Å². The molecule has 23 heavy (non-hydrogen) atoms. The van der Waals surface area contributed by atoms with E-state index in [1.165, 1.54) is 6.07 Å². The Balaban J connectivity index is 2.01. The highest BCUT2D eigenvalue weighted by atomic mass is 16.6. The molecule has 0 atom stereocenters. The zero-order valence-corrected chi connectivity index (χ0v) is 13.2. The number of benzene rings is 1. The Morgan fingerprint density at radius 2 is 1.91 bits per heavy atom. The van der Waals surface area contributed by atoms with Gasteiger partial charge in [0, 0.05) is 62.0 Å². The van der Waals surface area contributed by atoms with Crippen LogP contribution in [0.3, 0.4) is 0 Å². The summed E-state index contributed by atoms with van der Waals surface area (Å²) in [6.07, 6.45) is 0. The van der Waals surface area contributed by atoms with Gasteiger partial charge in [0.2, 0.25) is 5.91 Å². The molecule has 2 heterocycles. The predicted octanol–water partition coefficient (Wildman–Crippen LogP) is 2.12. The van der Waals surface area contributed by atoms with Crippen LogP contribution in [0.5, 0.6) is 0 Å². The van der Waals surface area contributed by atoms with Crippen LogP contribution in [-0.2, 0) is 4.79 Å². The van der Waals surface area contributed by atoms with E-state index in [1.807, 2.05) is 17.9 Å². The maximum atomic E-state index is 11.5. The minimum Gasteiger partial charge on any atom is -0.367 e. The van der Waals surface area contributed by atoms with E-state index in [0.717, 1.165) is 22.3 Å². The molecule has 1 aromatic carbocycles. The van der Waals surface area contributed by atoms with Crippen molar-refractivity contribution < 1.29 is 9.72 Å². The number of carbonyl (C=O) groups excluding carboxylic acids is 1. The van der Waals surface area contributed by atoms with Crippen LogP contribution in [0, 0.1) is 17.0 Å². The summed E-state index contributed by atoms with van der Waals surface area (Å²) in [6.45, 7) is 6.23. The number of hydrogen-bond donors (Lipinski definition) is 0. The lowest BCUT2D eigenvalue weighted by Gasteiger charge is -2.36. The van der Waals surface area contributed by atoms with Crippen molar-refractivity contribution >= 4 is 28.2 Å². The maximum absolute atomic E-state index is 11.5. The Hall–Kier alpha value is -2.70. The second kappa shape index (κ2) is 5.83. The first kappa shape index (κ1) is 15.2. The van der Waals surface area contributed by atoms with Crippen LogP contribution in [0.25, 0.3) is 10.9 Å². The molecule has 1 saturated heterocycles. The highest BCUT2D eigenvalue weighted by Gasteiger charge is 2.21. The van der Waals surface area contributed by atoms with E-state index in [2.05, 4.69) is 9.88 Å². The first-order valence-corrected chi connectivity index (χ1v) is 7.52. The molecule has 7 heteroatoms. The molecule has 1 amide bonds. The third-order valence-corrected chi connectivity index (χ3v) is 4.18. The number of nitro groups is 1. The van der Waals surface area contributed by atoms with Crippen LogP contribution >= 0.6 is 0 Å². The minimum absolute atomic E-state index is 0.0618. The van der Waals surface area contributed by atoms with Crippen molar-refractivity contribution in [3.63, 3.8) is 0 Å². The molecule has 0 saturated carbocycles. The predicted molar refractivity (Wildman–Crippen MR) is 87.6 cm³/mol.